The molecule has 0 spiro atoms. The number of amides is 1. The Morgan fingerprint density at radius 1 is 1.03 bits per heavy atom. The molecule has 1 fully saturated rings. The number of hydrogen-bond acceptors (Lipinski definition) is 3. The number of fused-ring (bicyclic) bond motifs is 3. The lowest BCUT2D eigenvalue weighted by Crippen LogP contribution is -2.45. The Morgan fingerprint density at radius 2 is 1.80 bits per heavy atom. The minimum Gasteiger partial charge on any atom is -0.341 e. The third kappa shape index (κ3) is 5.01. The summed E-state index contributed by atoms with van der Waals surface area (Å²) in [7, 11) is 1.94. The number of nitrogens with zero attached hydrogens (tertiary/aromatic N) is 4. The second-order valence-corrected chi connectivity index (χ2v) is 9.46. The van der Waals surface area contributed by atoms with Crippen molar-refractivity contribution in [2.24, 2.45) is 0 Å². The minimum atomic E-state index is 0.0769. The Bertz CT molecular complexity index is 1330. The van der Waals surface area contributed by atoms with Gasteiger partial charge in [-0.2, -0.15) is 0 Å². The molecule has 1 saturated heterocycles. The first-order valence-electron chi connectivity index (χ1n) is 12.7. The average Bonchev–Trinajstić information content (AvgIpc) is 3.24. The second-order valence-electron chi connectivity index (χ2n) is 9.46. The van der Waals surface area contributed by atoms with Crippen LogP contribution in [-0.2, 0) is 17.8 Å². The summed E-state index contributed by atoms with van der Waals surface area (Å²) in [5.41, 5.74) is 4.70. The van der Waals surface area contributed by atoms with Crippen molar-refractivity contribution in [1.82, 2.24) is 19.4 Å². The normalized spacial score (nSPS) is 15.4. The number of hydrogen-bond donors (Lipinski definition) is 0. The molecule has 1 aliphatic heterocycles. The lowest BCUT2D eigenvalue weighted by molar-refractivity contribution is -0.127. The Balaban J connectivity index is 1.20. The van der Waals surface area contributed by atoms with Gasteiger partial charge < -0.3 is 14.4 Å². The molecule has 4 aromatic rings. The van der Waals surface area contributed by atoms with Gasteiger partial charge >= 0.3 is 0 Å². The van der Waals surface area contributed by atoms with Gasteiger partial charge in [0.1, 0.15) is 0 Å². The third-order valence-electron chi connectivity index (χ3n) is 7.39. The minimum absolute atomic E-state index is 0.0769. The molecule has 0 radical (unpaired) electrons. The summed E-state index contributed by atoms with van der Waals surface area (Å²) < 4.78 is 2.35. The molecule has 35 heavy (non-hydrogen) atoms. The number of piperidine rings is 1. The van der Waals surface area contributed by atoms with Crippen LogP contribution in [0, 0.1) is 0 Å². The van der Waals surface area contributed by atoms with Crippen LogP contribution in [0.15, 0.2) is 72.9 Å². The van der Waals surface area contributed by atoms with Crippen LogP contribution in [0.25, 0.3) is 27.9 Å². The van der Waals surface area contributed by atoms with Gasteiger partial charge in [-0.15, -0.1) is 0 Å². The number of likely N-dealkylation sites (N-methyl/N-ethyl adjacent to an activating group) is 1. The highest BCUT2D eigenvalue weighted by molar-refractivity contribution is 6.08. The summed E-state index contributed by atoms with van der Waals surface area (Å²) in [4.78, 5) is 21.8. The van der Waals surface area contributed by atoms with Gasteiger partial charge in [-0.25, -0.2) is 0 Å². The summed E-state index contributed by atoms with van der Waals surface area (Å²) in [6.45, 7) is 6.19. The number of aromatic nitrogens is 2. The quantitative estimate of drug-likeness (QED) is 0.343. The Labute approximate surface area is 207 Å². The molecule has 0 unspecified atom stereocenters. The molecule has 180 valence electrons. The fraction of sp³-hybridized carbons (Fsp3) is 0.333. The molecule has 0 bridgehead atoms. The number of para-hydroxylation sites is 1. The first kappa shape index (κ1) is 23.3. The van der Waals surface area contributed by atoms with E-state index < -0.39 is 0 Å². The van der Waals surface area contributed by atoms with E-state index in [1.54, 1.807) is 6.08 Å². The fourth-order valence-corrected chi connectivity index (χ4v) is 5.33. The molecule has 1 aliphatic rings. The Hall–Kier alpha value is -3.44. The van der Waals surface area contributed by atoms with E-state index in [1.807, 2.05) is 36.4 Å². The van der Waals surface area contributed by atoms with E-state index >= 15 is 0 Å². The van der Waals surface area contributed by atoms with Crippen molar-refractivity contribution >= 4 is 33.8 Å². The average molecular weight is 467 g/mol. The van der Waals surface area contributed by atoms with Gasteiger partial charge in [-0.3, -0.25) is 9.78 Å². The van der Waals surface area contributed by atoms with Crippen molar-refractivity contribution in [3.8, 4) is 0 Å². The van der Waals surface area contributed by atoms with Crippen LogP contribution >= 0.6 is 0 Å². The second kappa shape index (κ2) is 10.4. The molecular weight excluding hydrogens is 432 g/mol. The summed E-state index contributed by atoms with van der Waals surface area (Å²) in [5, 5.41) is 2.50. The molecule has 0 atom stereocenters. The molecule has 3 heterocycles. The summed E-state index contributed by atoms with van der Waals surface area (Å²) in [6.07, 6.45) is 8.55. The van der Waals surface area contributed by atoms with Gasteiger partial charge in [0, 0.05) is 85.5 Å². The van der Waals surface area contributed by atoms with Crippen LogP contribution in [0.1, 0.15) is 31.0 Å². The van der Waals surface area contributed by atoms with Crippen LogP contribution in [0.3, 0.4) is 0 Å². The highest BCUT2D eigenvalue weighted by Gasteiger charge is 2.24. The molecule has 0 N–H and O–H groups in total. The van der Waals surface area contributed by atoms with E-state index in [-0.39, 0.29) is 5.91 Å². The molecule has 2 aromatic heterocycles. The molecule has 5 nitrogen and oxygen atoms in total. The number of rotatable bonds is 7. The van der Waals surface area contributed by atoms with Crippen molar-refractivity contribution in [2.75, 3.05) is 26.7 Å². The number of aryl methyl sites for hydroxylation is 1. The van der Waals surface area contributed by atoms with E-state index in [9.17, 15) is 4.79 Å². The van der Waals surface area contributed by atoms with E-state index in [2.05, 4.69) is 69.9 Å². The lowest BCUT2D eigenvalue weighted by atomic mass is 10.0. The van der Waals surface area contributed by atoms with Gasteiger partial charge in [0.25, 0.3) is 0 Å². The molecule has 5 heteroatoms. The first-order valence-corrected chi connectivity index (χ1v) is 12.7. The molecule has 0 saturated carbocycles. The molecule has 1 amide bonds. The standard InChI is InChI=1S/C30H34N4O/c1-3-34-28-10-5-4-9-26(28)27-22-23(11-13-29(27)34)12-14-30(35)32(2)25-16-20-33(21-17-25)19-15-24-8-6-7-18-31-24/h4-14,18,22,25H,3,15-17,19-21H2,1-2H3/b14-12+. The van der Waals surface area contributed by atoms with E-state index in [1.165, 1.54) is 21.8 Å². The van der Waals surface area contributed by atoms with E-state index in [4.69, 9.17) is 0 Å². The largest absolute Gasteiger partial charge is 0.341 e. The van der Waals surface area contributed by atoms with Gasteiger partial charge in [0.2, 0.25) is 5.91 Å². The number of likely N-dealkylation sites (tertiary alicyclic amines) is 1. The highest BCUT2D eigenvalue weighted by atomic mass is 16.2. The summed E-state index contributed by atoms with van der Waals surface area (Å²) in [6, 6.07) is 21.4. The molecule has 0 aliphatic carbocycles. The van der Waals surface area contributed by atoms with Crippen LogP contribution in [0.2, 0.25) is 0 Å². The van der Waals surface area contributed by atoms with Gasteiger partial charge in [0.05, 0.1) is 0 Å². The zero-order valence-electron chi connectivity index (χ0n) is 20.7. The summed E-state index contributed by atoms with van der Waals surface area (Å²) >= 11 is 0. The first-order chi connectivity index (χ1) is 17.1. The SMILES string of the molecule is CCn1c2ccccc2c2cc(/C=C/C(=O)N(C)C3CCN(CCc4ccccn4)CC3)ccc21. The van der Waals surface area contributed by atoms with Crippen molar-refractivity contribution < 1.29 is 4.79 Å². The van der Waals surface area contributed by atoms with Crippen molar-refractivity contribution in [1.29, 1.82) is 0 Å². The molecule has 5 rings (SSSR count). The molecular formula is C30H34N4O. The smallest absolute Gasteiger partial charge is 0.246 e. The van der Waals surface area contributed by atoms with Crippen LogP contribution in [0.5, 0.6) is 0 Å². The van der Waals surface area contributed by atoms with Crippen molar-refractivity contribution in [2.45, 2.75) is 38.8 Å². The van der Waals surface area contributed by atoms with E-state index in [0.717, 1.165) is 56.7 Å². The number of carbonyl (C=O) groups excluding carboxylic acids is 1. The number of pyridine rings is 1. The topological polar surface area (TPSA) is 41.4 Å². The fourth-order valence-electron chi connectivity index (χ4n) is 5.33. The monoisotopic (exact) mass is 466 g/mol. The Morgan fingerprint density at radius 3 is 2.57 bits per heavy atom. The number of benzene rings is 2. The maximum atomic E-state index is 12.9. The van der Waals surface area contributed by atoms with Crippen LogP contribution in [-0.4, -0.2) is 58.0 Å². The molecule has 2 aromatic carbocycles. The third-order valence-corrected chi connectivity index (χ3v) is 7.39. The highest BCUT2D eigenvalue weighted by Crippen LogP contribution is 2.30. The number of carbonyl (C=O) groups is 1. The lowest BCUT2D eigenvalue weighted by Gasteiger charge is -2.36. The predicted molar refractivity (Wildman–Crippen MR) is 144 cm³/mol. The maximum absolute atomic E-state index is 12.9. The van der Waals surface area contributed by atoms with E-state index in [0.29, 0.717) is 6.04 Å². The predicted octanol–water partition coefficient (Wildman–Crippen LogP) is 5.39. The van der Waals surface area contributed by atoms with Crippen LogP contribution in [0.4, 0.5) is 0 Å². The van der Waals surface area contributed by atoms with Crippen molar-refractivity contribution in [3.05, 3.63) is 84.2 Å². The van der Waals surface area contributed by atoms with Gasteiger partial charge in [-0.1, -0.05) is 30.3 Å². The van der Waals surface area contributed by atoms with Crippen LogP contribution < -0.4 is 0 Å². The summed E-state index contributed by atoms with van der Waals surface area (Å²) in [5.74, 6) is 0.0769. The zero-order valence-corrected chi connectivity index (χ0v) is 20.7. The van der Waals surface area contributed by atoms with Crippen molar-refractivity contribution in [3.63, 3.8) is 0 Å². The van der Waals surface area contributed by atoms with Gasteiger partial charge in [-0.05, 0) is 61.7 Å². The Kier molecular flexibility index (Phi) is 6.96. The zero-order chi connectivity index (χ0) is 24.2. The van der Waals surface area contributed by atoms with Gasteiger partial charge in [0.15, 0.2) is 0 Å². The maximum Gasteiger partial charge on any atom is 0.246 e.